The van der Waals surface area contributed by atoms with Crippen molar-refractivity contribution in [2.24, 2.45) is 7.05 Å². The minimum atomic E-state index is -0.0575. The Bertz CT molecular complexity index is 740. The summed E-state index contributed by atoms with van der Waals surface area (Å²) in [4.78, 5) is 17.5. The number of rotatable bonds is 4. The van der Waals surface area contributed by atoms with Crippen LogP contribution in [0.4, 0.5) is 5.95 Å². The predicted octanol–water partition coefficient (Wildman–Crippen LogP) is 1.61. The first-order valence-electron chi connectivity index (χ1n) is 7.80. The van der Waals surface area contributed by atoms with E-state index in [1.165, 1.54) is 0 Å². The number of anilines is 1. The van der Waals surface area contributed by atoms with Gasteiger partial charge in [-0.3, -0.25) is 14.0 Å². The summed E-state index contributed by atoms with van der Waals surface area (Å²) in [7, 11) is 1.78. The van der Waals surface area contributed by atoms with Crippen molar-refractivity contribution in [2.45, 2.75) is 45.8 Å². The SMILES string of the molecule is Cc1nn(C)c2c(=O)n(C(C)C)c(NC[C@H]3CCCO3)nc12. The Morgan fingerprint density at radius 2 is 2.23 bits per heavy atom. The van der Waals surface area contributed by atoms with Gasteiger partial charge in [-0.2, -0.15) is 5.10 Å². The second kappa shape index (κ2) is 5.72. The van der Waals surface area contributed by atoms with Gasteiger partial charge in [0.2, 0.25) is 5.95 Å². The van der Waals surface area contributed by atoms with Gasteiger partial charge in [-0.15, -0.1) is 0 Å². The summed E-state index contributed by atoms with van der Waals surface area (Å²) < 4.78 is 8.93. The van der Waals surface area contributed by atoms with Gasteiger partial charge < -0.3 is 10.1 Å². The normalized spacial score (nSPS) is 18.5. The minimum absolute atomic E-state index is 0.0200. The lowest BCUT2D eigenvalue weighted by Crippen LogP contribution is -2.30. The van der Waals surface area contributed by atoms with Crippen molar-refractivity contribution in [3.63, 3.8) is 0 Å². The fourth-order valence-corrected chi connectivity index (χ4v) is 3.00. The van der Waals surface area contributed by atoms with Gasteiger partial charge in [-0.1, -0.05) is 0 Å². The molecule has 1 N–H and O–H groups in total. The van der Waals surface area contributed by atoms with E-state index in [-0.39, 0.29) is 17.7 Å². The second-order valence-electron chi connectivity index (χ2n) is 6.13. The highest BCUT2D eigenvalue weighted by Crippen LogP contribution is 2.19. The first-order valence-corrected chi connectivity index (χ1v) is 7.80. The van der Waals surface area contributed by atoms with Crippen molar-refractivity contribution in [1.82, 2.24) is 19.3 Å². The van der Waals surface area contributed by atoms with E-state index < -0.39 is 0 Å². The lowest BCUT2D eigenvalue weighted by Gasteiger charge is -2.18. The average molecular weight is 305 g/mol. The molecule has 0 aromatic carbocycles. The summed E-state index contributed by atoms with van der Waals surface area (Å²) in [5.74, 6) is 0.596. The molecule has 7 heteroatoms. The quantitative estimate of drug-likeness (QED) is 0.929. The van der Waals surface area contributed by atoms with Crippen molar-refractivity contribution < 1.29 is 4.74 Å². The van der Waals surface area contributed by atoms with E-state index in [2.05, 4.69) is 15.4 Å². The van der Waals surface area contributed by atoms with Gasteiger partial charge in [0.25, 0.3) is 5.56 Å². The monoisotopic (exact) mass is 305 g/mol. The van der Waals surface area contributed by atoms with Crippen LogP contribution in [0.25, 0.3) is 11.0 Å². The maximum Gasteiger partial charge on any atom is 0.281 e. The van der Waals surface area contributed by atoms with Gasteiger partial charge in [0.1, 0.15) is 5.52 Å². The molecule has 120 valence electrons. The van der Waals surface area contributed by atoms with Gasteiger partial charge in [-0.05, 0) is 33.6 Å². The molecule has 1 atom stereocenters. The van der Waals surface area contributed by atoms with E-state index in [0.29, 0.717) is 23.5 Å². The summed E-state index contributed by atoms with van der Waals surface area (Å²) in [6, 6.07) is 0.0200. The Balaban J connectivity index is 2.05. The molecule has 22 heavy (non-hydrogen) atoms. The van der Waals surface area contributed by atoms with Crippen LogP contribution < -0.4 is 10.9 Å². The maximum atomic E-state index is 12.8. The van der Waals surface area contributed by atoms with Crippen molar-refractivity contribution in [1.29, 1.82) is 0 Å². The highest BCUT2D eigenvalue weighted by molar-refractivity contribution is 5.77. The molecule has 0 bridgehead atoms. The van der Waals surface area contributed by atoms with Gasteiger partial charge in [-0.25, -0.2) is 4.98 Å². The van der Waals surface area contributed by atoms with E-state index >= 15 is 0 Å². The lowest BCUT2D eigenvalue weighted by atomic mass is 10.2. The maximum absolute atomic E-state index is 12.8. The zero-order valence-corrected chi connectivity index (χ0v) is 13.6. The molecule has 0 amide bonds. The number of hydrogen-bond donors (Lipinski definition) is 1. The summed E-state index contributed by atoms with van der Waals surface area (Å²) >= 11 is 0. The molecule has 1 fully saturated rings. The Morgan fingerprint density at radius 1 is 1.45 bits per heavy atom. The van der Waals surface area contributed by atoms with Crippen LogP contribution in [0.1, 0.15) is 38.4 Å². The number of hydrogen-bond acceptors (Lipinski definition) is 5. The third-order valence-electron chi connectivity index (χ3n) is 4.09. The fraction of sp³-hybridized carbons (Fsp3) is 0.667. The van der Waals surface area contributed by atoms with E-state index in [4.69, 9.17) is 4.74 Å². The van der Waals surface area contributed by atoms with Crippen LogP contribution in [0.3, 0.4) is 0 Å². The van der Waals surface area contributed by atoms with Crippen molar-refractivity contribution in [2.75, 3.05) is 18.5 Å². The highest BCUT2D eigenvalue weighted by atomic mass is 16.5. The van der Waals surface area contributed by atoms with E-state index in [1.807, 2.05) is 20.8 Å². The summed E-state index contributed by atoms with van der Waals surface area (Å²) in [6.07, 6.45) is 2.34. The molecule has 0 unspecified atom stereocenters. The molecule has 7 nitrogen and oxygen atoms in total. The molecule has 0 radical (unpaired) electrons. The van der Waals surface area contributed by atoms with Crippen LogP contribution in [-0.2, 0) is 11.8 Å². The first-order chi connectivity index (χ1) is 10.5. The van der Waals surface area contributed by atoms with E-state index in [0.717, 1.165) is 25.1 Å². The van der Waals surface area contributed by atoms with Crippen LogP contribution >= 0.6 is 0 Å². The molecule has 1 aliphatic heterocycles. The molecule has 2 aromatic rings. The number of ether oxygens (including phenoxy) is 1. The molecule has 1 saturated heterocycles. The number of aryl methyl sites for hydroxylation is 2. The van der Waals surface area contributed by atoms with Crippen LogP contribution in [0.2, 0.25) is 0 Å². The topological polar surface area (TPSA) is 74.0 Å². The molecule has 1 aliphatic rings. The second-order valence-corrected chi connectivity index (χ2v) is 6.13. The van der Waals surface area contributed by atoms with Crippen LogP contribution in [0, 0.1) is 6.92 Å². The number of nitrogens with one attached hydrogen (secondary N) is 1. The van der Waals surface area contributed by atoms with Crippen molar-refractivity contribution >= 4 is 17.0 Å². The number of fused-ring (bicyclic) bond motifs is 1. The average Bonchev–Trinajstić information content (AvgIpc) is 3.05. The van der Waals surface area contributed by atoms with Crippen LogP contribution in [-0.4, -0.2) is 38.6 Å². The largest absolute Gasteiger partial charge is 0.376 e. The summed E-state index contributed by atoms with van der Waals surface area (Å²) in [5, 5.41) is 7.61. The molecular weight excluding hydrogens is 282 g/mol. The molecule has 3 rings (SSSR count). The van der Waals surface area contributed by atoms with Gasteiger partial charge in [0.05, 0.1) is 11.8 Å². The first kappa shape index (κ1) is 15.0. The van der Waals surface area contributed by atoms with Crippen LogP contribution in [0.5, 0.6) is 0 Å². The smallest absolute Gasteiger partial charge is 0.281 e. The molecule has 2 aromatic heterocycles. The predicted molar refractivity (Wildman–Crippen MR) is 85.4 cm³/mol. The third-order valence-corrected chi connectivity index (χ3v) is 4.09. The Hall–Kier alpha value is -1.89. The molecule has 3 heterocycles. The fourth-order valence-electron chi connectivity index (χ4n) is 3.00. The van der Waals surface area contributed by atoms with E-state index in [9.17, 15) is 4.79 Å². The van der Waals surface area contributed by atoms with E-state index in [1.54, 1.807) is 16.3 Å². The van der Waals surface area contributed by atoms with Gasteiger partial charge >= 0.3 is 0 Å². The standard InChI is InChI=1S/C15H23N5O2/c1-9(2)20-14(21)13-12(10(3)18-19(13)4)17-15(20)16-8-11-6-5-7-22-11/h9,11H,5-8H2,1-4H3,(H,16,17)/t11-/m1/s1. The zero-order valence-electron chi connectivity index (χ0n) is 13.6. The number of nitrogens with zero attached hydrogens (tertiary/aromatic N) is 4. The number of aromatic nitrogens is 4. The van der Waals surface area contributed by atoms with Crippen LogP contribution in [0.15, 0.2) is 4.79 Å². The Morgan fingerprint density at radius 3 is 2.86 bits per heavy atom. The highest BCUT2D eigenvalue weighted by Gasteiger charge is 2.20. The Labute approximate surface area is 129 Å². The lowest BCUT2D eigenvalue weighted by molar-refractivity contribution is 0.120. The molecule has 0 aliphatic carbocycles. The summed E-state index contributed by atoms with van der Waals surface area (Å²) in [6.45, 7) is 7.32. The Kier molecular flexibility index (Phi) is 3.90. The van der Waals surface area contributed by atoms with Gasteiger partial charge in [0.15, 0.2) is 5.52 Å². The molecule has 0 saturated carbocycles. The van der Waals surface area contributed by atoms with Crippen molar-refractivity contribution in [3.8, 4) is 0 Å². The molecular formula is C15H23N5O2. The van der Waals surface area contributed by atoms with Crippen molar-refractivity contribution in [3.05, 3.63) is 16.0 Å². The minimum Gasteiger partial charge on any atom is -0.376 e. The molecule has 0 spiro atoms. The zero-order chi connectivity index (χ0) is 15.9. The summed E-state index contributed by atoms with van der Waals surface area (Å²) in [5.41, 5.74) is 1.93. The third kappa shape index (κ3) is 2.49. The van der Waals surface area contributed by atoms with Gasteiger partial charge in [0, 0.05) is 26.2 Å².